The molecule has 0 atom stereocenters. The lowest BCUT2D eigenvalue weighted by Gasteiger charge is -2.15. The first-order valence-corrected chi connectivity index (χ1v) is 8.37. The fourth-order valence-electron chi connectivity index (χ4n) is 2.47. The van der Waals surface area contributed by atoms with Gasteiger partial charge in [0.05, 0.1) is 17.6 Å². The second kappa shape index (κ2) is 7.13. The number of amides is 1. The number of fused-ring (bicyclic) bond motifs is 1. The minimum atomic E-state index is -0.354. The second-order valence-corrected chi connectivity index (χ2v) is 6.55. The van der Waals surface area contributed by atoms with Crippen molar-refractivity contribution >= 4 is 40.0 Å². The number of methoxy groups -OCH3 is 1. The quantitative estimate of drug-likeness (QED) is 0.415. The minimum Gasteiger partial charge on any atom is -0.496 e. The van der Waals surface area contributed by atoms with Crippen LogP contribution in [0.3, 0.4) is 0 Å². The van der Waals surface area contributed by atoms with Crippen LogP contribution in [-0.2, 0) is 0 Å². The third kappa shape index (κ3) is 3.19. The second-order valence-electron chi connectivity index (χ2n) is 5.03. The van der Waals surface area contributed by atoms with Crippen LogP contribution in [0.2, 0.25) is 5.02 Å². The van der Waals surface area contributed by atoms with E-state index in [0.717, 1.165) is 20.6 Å². The van der Waals surface area contributed by atoms with E-state index in [4.69, 9.17) is 22.2 Å². The van der Waals surface area contributed by atoms with E-state index in [1.807, 2.05) is 48.5 Å². The molecule has 0 aromatic heterocycles. The highest BCUT2D eigenvalue weighted by molar-refractivity contribution is 7.99. The van der Waals surface area contributed by atoms with Crippen LogP contribution in [0.15, 0.2) is 64.4 Å². The summed E-state index contributed by atoms with van der Waals surface area (Å²) in [5.74, 6) is 5.57. The van der Waals surface area contributed by atoms with E-state index in [0.29, 0.717) is 16.3 Å². The van der Waals surface area contributed by atoms with E-state index in [1.54, 1.807) is 24.9 Å². The Hall–Kier alpha value is -2.21. The van der Waals surface area contributed by atoms with Crippen molar-refractivity contribution in [1.82, 2.24) is 5.43 Å². The molecule has 0 spiro atoms. The Morgan fingerprint density at radius 1 is 1.12 bits per heavy atom. The van der Waals surface area contributed by atoms with Gasteiger partial charge in [-0.15, -0.1) is 0 Å². The van der Waals surface area contributed by atoms with Gasteiger partial charge in [0.1, 0.15) is 5.75 Å². The minimum absolute atomic E-state index is 0.354. The molecule has 6 heteroatoms. The zero-order chi connectivity index (χ0) is 17.1. The maximum atomic E-state index is 12.1. The van der Waals surface area contributed by atoms with Crippen LogP contribution < -0.4 is 16.0 Å². The maximum Gasteiger partial charge on any atom is 0.265 e. The first-order chi connectivity index (χ1) is 11.6. The molecule has 0 fully saturated rings. The summed E-state index contributed by atoms with van der Waals surface area (Å²) in [7, 11) is 1.58. The van der Waals surface area contributed by atoms with E-state index in [2.05, 4.69) is 5.43 Å². The Labute approximate surface area is 148 Å². The van der Waals surface area contributed by atoms with Crippen molar-refractivity contribution in [1.29, 1.82) is 0 Å². The Balaban J connectivity index is 2.19. The van der Waals surface area contributed by atoms with Crippen molar-refractivity contribution in [2.24, 2.45) is 5.84 Å². The van der Waals surface area contributed by atoms with Gasteiger partial charge in [-0.2, -0.15) is 0 Å². The highest BCUT2D eigenvalue weighted by Crippen LogP contribution is 2.42. The molecule has 0 saturated carbocycles. The Morgan fingerprint density at radius 3 is 2.42 bits per heavy atom. The number of carbonyl (C=O) groups is 1. The van der Waals surface area contributed by atoms with E-state index in [9.17, 15) is 4.79 Å². The van der Waals surface area contributed by atoms with E-state index in [1.165, 1.54) is 0 Å². The van der Waals surface area contributed by atoms with Gasteiger partial charge < -0.3 is 4.74 Å². The number of nitrogens with two attached hydrogens (primary N) is 1. The van der Waals surface area contributed by atoms with Crippen molar-refractivity contribution in [3.8, 4) is 5.75 Å². The third-order valence-electron chi connectivity index (χ3n) is 3.59. The van der Waals surface area contributed by atoms with Crippen LogP contribution in [-0.4, -0.2) is 13.0 Å². The first-order valence-electron chi connectivity index (χ1n) is 7.18. The van der Waals surface area contributed by atoms with Crippen LogP contribution in [0.4, 0.5) is 0 Å². The molecule has 3 aromatic carbocycles. The summed E-state index contributed by atoms with van der Waals surface area (Å²) in [5.41, 5.74) is 2.66. The van der Waals surface area contributed by atoms with E-state index in [-0.39, 0.29) is 5.91 Å². The number of benzene rings is 3. The fourth-order valence-corrected chi connectivity index (χ4v) is 3.63. The number of nitrogen functional groups attached to an aromatic ring is 1. The normalized spacial score (nSPS) is 10.6. The summed E-state index contributed by atoms with van der Waals surface area (Å²) in [6.07, 6.45) is 0. The molecule has 3 rings (SSSR count). The molecule has 1 amide bonds. The SMILES string of the molecule is COc1cc(C(=O)NN)c2ccccc2c1Sc1ccc(Cl)cc1. The standard InChI is InChI=1S/C18H15ClN2O2S/c1-23-16-10-15(18(22)21-20)13-4-2-3-5-14(13)17(16)24-12-8-6-11(19)7-9-12/h2-10H,20H2,1H3,(H,21,22). The third-order valence-corrected chi connectivity index (χ3v) is 4.98. The fraction of sp³-hybridized carbons (Fsp3) is 0.0556. The molecule has 0 bridgehead atoms. The topological polar surface area (TPSA) is 64.3 Å². The molecule has 0 aliphatic rings. The molecule has 0 radical (unpaired) electrons. The molecule has 24 heavy (non-hydrogen) atoms. The predicted molar refractivity (Wildman–Crippen MR) is 97.7 cm³/mol. The molecular weight excluding hydrogens is 344 g/mol. The summed E-state index contributed by atoms with van der Waals surface area (Å²) in [4.78, 5) is 14.1. The molecule has 122 valence electrons. The number of halogens is 1. The zero-order valence-electron chi connectivity index (χ0n) is 12.9. The number of hydrogen-bond acceptors (Lipinski definition) is 4. The van der Waals surface area contributed by atoms with Crippen LogP contribution >= 0.6 is 23.4 Å². The highest BCUT2D eigenvalue weighted by Gasteiger charge is 2.17. The molecule has 0 saturated heterocycles. The number of hydrazine groups is 1. The first kappa shape index (κ1) is 16.6. The lowest BCUT2D eigenvalue weighted by atomic mass is 10.0. The van der Waals surface area contributed by atoms with Crippen LogP contribution in [0.25, 0.3) is 10.8 Å². The van der Waals surface area contributed by atoms with Gasteiger partial charge in [-0.05, 0) is 35.7 Å². The lowest BCUT2D eigenvalue weighted by Crippen LogP contribution is -2.30. The summed E-state index contributed by atoms with van der Waals surface area (Å²) in [6.45, 7) is 0. The van der Waals surface area contributed by atoms with Crippen molar-refractivity contribution in [3.05, 3.63) is 65.2 Å². The average molecular weight is 359 g/mol. The number of nitrogens with one attached hydrogen (secondary N) is 1. The molecular formula is C18H15ClN2O2S. The molecule has 0 heterocycles. The van der Waals surface area contributed by atoms with Gasteiger partial charge in [0.2, 0.25) is 0 Å². The van der Waals surface area contributed by atoms with Gasteiger partial charge in [-0.25, -0.2) is 5.84 Å². The predicted octanol–water partition coefficient (Wildman–Crippen LogP) is 4.26. The molecule has 3 aromatic rings. The number of carbonyl (C=O) groups excluding carboxylic acids is 1. The van der Waals surface area contributed by atoms with Gasteiger partial charge >= 0.3 is 0 Å². The molecule has 4 nitrogen and oxygen atoms in total. The molecule has 0 aliphatic carbocycles. The summed E-state index contributed by atoms with van der Waals surface area (Å²) in [6, 6.07) is 17.0. The highest BCUT2D eigenvalue weighted by atomic mass is 35.5. The summed E-state index contributed by atoms with van der Waals surface area (Å²) in [5, 5.41) is 2.43. The monoisotopic (exact) mass is 358 g/mol. The van der Waals surface area contributed by atoms with Crippen molar-refractivity contribution < 1.29 is 9.53 Å². The van der Waals surface area contributed by atoms with Crippen molar-refractivity contribution in [3.63, 3.8) is 0 Å². The molecule has 0 aliphatic heterocycles. The van der Waals surface area contributed by atoms with E-state index >= 15 is 0 Å². The van der Waals surface area contributed by atoms with E-state index < -0.39 is 0 Å². The summed E-state index contributed by atoms with van der Waals surface area (Å²) < 4.78 is 5.52. The number of rotatable bonds is 4. The maximum absolute atomic E-state index is 12.1. The van der Waals surface area contributed by atoms with Crippen LogP contribution in [0, 0.1) is 0 Å². The Morgan fingerprint density at radius 2 is 1.79 bits per heavy atom. The van der Waals surface area contributed by atoms with Crippen LogP contribution in [0.1, 0.15) is 10.4 Å². The van der Waals surface area contributed by atoms with Crippen LogP contribution in [0.5, 0.6) is 5.75 Å². The summed E-state index contributed by atoms with van der Waals surface area (Å²) >= 11 is 7.51. The van der Waals surface area contributed by atoms with Gasteiger partial charge in [-0.3, -0.25) is 10.2 Å². The van der Waals surface area contributed by atoms with Gasteiger partial charge in [0.25, 0.3) is 5.91 Å². The zero-order valence-corrected chi connectivity index (χ0v) is 14.4. The van der Waals surface area contributed by atoms with Gasteiger partial charge in [0.15, 0.2) is 0 Å². The largest absolute Gasteiger partial charge is 0.496 e. The number of ether oxygens (including phenoxy) is 1. The average Bonchev–Trinajstić information content (AvgIpc) is 2.63. The van der Waals surface area contributed by atoms with Gasteiger partial charge in [0, 0.05) is 15.3 Å². The van der Waals surface area contributed by atoms with Crippen molar-refractivity contribution in [2.45, 2.75) is 9.79 Å². The Bertz CT molecular complexity index is 897. The van der Waals surface area contributed by atoms with Gasteiger partial charge in [-0.1, -0.05) is 47.6 Å². The number of hydrogen-bond donors (Lipinski definition) is 2. The smallest absolute Gasteiger partial charge is 0.265 e. The Kier molecular flexibility index (Phi) is 4.94. The molecule has 0 unspecified atom stereocenters. The lowest BCUT2D eigenvalue weighted by molar-refractivity contribution is 0.0955. The molecule has 3 N–H and O–H groups in total. The van der Waals surface area contributed by atoms with Crippen molar-refractivity contribution in [2.75, 3.05) is 7.11 Å².